The summed E-state index contributed by atoms with van der Waals surface area (Å²) >= 11 is 0. The first-order valence-corrected chi connectivity index (χ1v) is 6.33. The molecule has 0 aromatic heterocycles. The second-order valence-electron chi connectivity index (χ2n) is 6.37. The molecule has 0 fully saturated rings. The molecule has 0 amide bonds. The highest BCUT2D eigenvalue weighted by atomic mass is 16.5. The van der Waals surface area contributed by atoms with Crippen LogP contribution in [0.1, 0.15) is 40.5 Å². The third-order valence-corrected chi connectivity index (χ3v) is 3.29. The van der Waals surface area contributed by atoms with Gasteiger partial charge in [0.1, 0.15) is 11.5 Å². The fourth-order valence-electron chi connectivity index (χ4n) is 1.90. The SMILES string of the molecule is CC1(C)C=CC(OC2=CCC(C)(C)C=C2)=CC1. The number of hydrogen-bond acceptors (Lipinski definition) is 1. The second kappa shape index (κ2) is 4.21. The lowest BCUT2D eigenvalue weighted by atomic mass is 9.85. The minimum atomic E-state index is 0.269. The average molecular weight is 230 g/mol. The molecule has 1 nitrogen and oxygen atoms in total. The first-order valence-electron chi connectivity index (χ1n) is 6.33. The summed E-state index contributed by atoms with van der Waals surface area (Å²) < 4.78 is 5.87. The van der Waals surface area contributed by atoms with E-state index in [0.29, 0.717) is 0 Å². The fourth-order valence-corrected chi connectivity index (χ4v) is 1.90. The van der Waals surface area contributed by atoms with Crippen LogP contribution in [-0.2, 0) is 4.74 Å². The van der Waals surface area contributed by atoms with E-state index in [1.54, 1.807) is 0 Å². The molecule has 0 heterocycles. The molecule has 2 aliphatic carbocycles. The van der Waals surface area contributed by atoms with Crippen molar-refractivity contribution in [2.45, 2.75) is 40.5 Å². The summed E-state index contributed by atoms with van der Waals surface area (Å²) in [6.45, 7) is 8.94. The van der Waals surface area contributed by atoms with E-state index in [4.69, 9.17) is 4.74 Å². The maximum absolute atomic E-state index is 5.87. The van der Waals surface area contributed by atoms with Crippen LogP contribution in [0.3, 0.4) is 0 Å². The third-order valence-electron chi connectivity index (χ3n) is 3.29. The number of rotatable bonds is 2. The Labute approximate surface area is 105 Å². The van der Waals surface area contributed by atoms with Crippen LogP contribution in [0.25, 0.3) is 0 Å². The van der Waals surface area contributed by atoms with Crippen LogP contribution in [0.4, 0.5) is 0 Å². The van der Waals surface area contributed by atoms with Gasteiger partial charge < -0.3 is 4.74 Å². The number of allylic oxidation sites excluding steroid dienone is 6. The van der Waals surface area contributed by atoms with Crippen LogP contribution in [0.2, 0.25) is 0 Å². The van der Waals surface area contributed by atoms with E-state index < -0.39 is 0 Å². The quantitative estimate of drug-likeness (QED) is 0.665. The van der Waals surface area contributed by atoms with E-state index >= 15 is 0 Å². The summed E-state index contributed by atoms with van der Waals surface area (Å²) in [7, 11) is 0. The van der Waals surface area contributed by atoms with Gasteiger partial charge in [-0.25, -0.2) is 0 Å². The fraction of sp³-hybridized carbons (Fsp3) is 0.500. The van der Waals surface area contributed by atoms with E-state index in [-0.39, 0.29) is 10.8 Å². The second-order valence-corrected chi connectivity index (χ2v) is 6.37. The van der Waals surface area contributed by atoms with Crippen LogP contribution < -0.4 is 0 Å². The van der Waals surface area contributed by atoms with Gasteiger partial charge in [0.15, 0.2) is 0 Å². The zero-order valence-corrected chi connectivity index (χ0v) is 11.3. The van der Waals surface area contributed by atoms with Crippen molar-refractivity contribution >= 4 is 0 Å². The Hall–Kier alpha value is -1.24. The van der Waals surface area contributed by atoms with Crippen LogP contribution in [-0.4, -0.2) is 0 Å². The van der Waals surface area contributed by atoms with Crippen molar-refractivity contribution in [3.8, 4) is 0 Å². The van der Waals surface area contributed by atoms with Crippen LogP contribution >= 0.6 is 0 Å². The van der Waals surface area contributed by atoms with E-state index in [1.165, 1.54) is 0 Å². The van der Waals surface area contributed by atoms with Crippen molar-refractivity contribution in [3.63, 3.8) is 0 Å². The van der Waals surface area contributed by atoms with Gasteiger partial charge in [0.25, 0.3) is 0 Å². The molecule has 0 spiro atoms. The molecule has 2 aliphatic rings. The van der Waals surface area contributed by atoms with Gasteiger partial charge in [0.2, 0.25) is 0 Å². The van der Waals surface area contributed by atoms with Crippen molar-refractivity contribution in [3.05, 3.63) is 48.0 Å². The summed E-state index contributed by atoms with van der Waals surface area (Å²) in [5.41, 5.74) is 0.539. The van der Waals surface area contributed by atoms with E-state index in [0.717, 1.165) is 24.4 Å². The number of ether oxygens (including phenoxy) is 1. The molecule has 17 heavy (non-hydrogen) atoms. The Balaban J connectivity index is 1.97. The first-order chi connectivity index (χ1) is 7.86. The molecule has 0 unspecified atom stereocenters. The molecule has 0 saturated carbocycles. The topological polar surface area (TPSA) is 9.23 Å². The van der Waals surface area contributed by atoms with Crippen LogP contribution in [0, 0.1) is 10.8 Å². The summed E-state index contributed by atoms with van der Waals surface area (Å²) in [5, 5.41) is 0. The summed E-state index contributed by atoms with van der Waals surface area (Å²) in [6.07, 6.45) is 15.0. The molecule has 0 N–H and O–H groups in total. The average Bonchev–Trinajstić information content (AvgIpc) is 2.24. The number of hydrogen-bond donors (Lipinski definition) is 0. The highest BCUT2D eigenvalue weighted by Crippen LogP contribution is 2.32. The van der Waals surface area contributed by atoms with Gasteiger partial charge in [-0.2, -0.15) is 0 Å². The molecular formula is C16H22O. The predicted octanol–water partition coefficient (Wildman–Crippen LogP) is 4.74. The van der Waals surface area contributed by atoms with Gasteiger partial charge >= 0.3 is 0 Å². The Morgan fingerprint density at radius 1 is 0.824 bits per heavy atom. The molecule has 0 atom stereocenters. The molecule has 0 saturated heterocycles. The monoisotopic (exact) mass is 230 g/mol. The summed E-state index contributed by atoms with van der Waals surface area (Å²) in [5.74, 6) is 1.94. The van der Waals surface area contributed by atoms with Gasteiger partial charge in [0, 0.05) is 0 Å². The van der Waals surface area contributed by atoms with Gasteiger partial charge in [-0.3, -0.25) is 0 Å². The van der Waals surface area contributed by atoms with Crippen molar-refractivity contribution in [1.82, 2.24) is 0 Å². The Morgan fingerprint density at radius 2 is 1.24 bits per heavy atom. The van der Waals surface area contributed by atoms with E-state index in [1.807, 2.05) is 0 Å². The largest absolute Gasteiger partial charge is 0.458 e. The normalized spacial score (nSPS) is 25.2. The standard InChI is InChI=1S/C16H22O/c1-15(2)9-5-13(6-10-15)17-14-7-11-16(3,4)12-8-14/h5-9,11H,10,12H2,1-4H3. The molecule has 0 radical (unpaired) electrons. The van der Waals surface area contributed by atoms with Crippen molar-refractivity contribution in [1.29, 1.82) is 0 Å². The minimum Gasteiger partial charge on any atom is -0.458 e. The molecule has 92 valence electrons. The maximum atomic E-state index is 5.87. The highest BCUT2D eigenvalue weighted by molar-refractivity contribution is 5.27. The maximum Gasteiger partial charge on any atom is 0.123 e. The molecule has 0 aromatic rings. The zero-order chi connectivity index (χ0) is 12.5. The lowest BCUT2D eigenvalue weighted by Gasteiger charge is -2.25. The molecule has 0 aliphatic heterocycles. The summed E-state index contributed by atoms with van der Waals surface area (Å²) in [4.78, 5) is 0. The predicted molar refractivity (Wildman–Crippen MR) is 72.3 cm³/mol. The molecule has 0 aromatic carbocycles. The molecular weight excluding hydrogens is 208 g/mol. The highest BCUT2D eigenvalue weighted by Gasteiger charge is 2.19. The van der Waals surface area contributed by atoms with Gasteiger partial charge in [-0.15, -0.1) is 0 Å². The van der Waals surface area contributed by atoms with Crippen molar-refractivity contribution in [2.24, 2.45) is 10.8 Å². The first kappa shape index (κ1) is 12.2. The third kappa shape index (κ3) is 3.36. The Bertz CT molecular complexity index is 377. The molecule has 0 bridgehead atoms. The lowest BCUT2D eigenvalue weighted by Crippen LogP contribution is -2.12. The smallest absolute Gasteiger partial charge is 0.123 e. The summed E-state index contributed by atoms with van der Waals surface area (Å²) in [6, 6.07) is 0. The van der Waals surface area contributed by atoms with Crippen LogP contribution in [0.5, 0.6) is 0 Å². The molecule has 1 heteroatoms. The van der Waals surface area contributed by atoms with Gasteiger partial charge in [-0.05, 0) is 48.0 Å². The van der Waals surface area contributed by atoms with Crippen molar-refractivity contribution in [2.75, 3.05) is 0 Å². The van der Waals surface area contributed by atoms with Crippen LogP contribution in [0.15, 0.2) is 48.0 Å². The van der Waals surface area contributed by atoms with Gasteiger partial charge in [0.05, 0.1) is 0 Å². The lowest BCUT2D eigenvalue weighted by molar-refractivity contribution is 0.312. The van der Waals surface area contributed by atoms with Gasteiger partial charge in [-0.1, -0.05) is 39.8 Å². The Kier molecular flexibility index (Phi) is 3.03. The van der Waals surface area contributed by atoms with E-state index in [2.05, 4.69) is 64.2 Å². The Morgan fingerprint density at radius 3 is 1.53 bits per heavy atom. The molecule has 2 rings (SSSR count). The minimum absolute atomic E-state index is 0.269. The van der Waals surface area contributed by atoms with E-state index in [9.17, 15) is 0 Å². The zero-order valence-electron chi connectivity index (χ0n) is 11.3. The van der Waals surface area contributed by atoms with Crippen molar-refractivity contribution < 1.29 is 4.74 Å².